The lowest BCUT2D eigenvalue weighted by Gasteiger charge is -2.02. The van der Waals surface area contributed by atoms with Crippen molar-refractivity contribution < 1.29 is 9.47 Å². The molecule has 3 rings (SSSR count). The first-order valence-corrected chi connectivity index (χ1v) is 9.66. The molecular formula is C20H14N4O2S2. The molecule has 0 atom stereocenters. The largest absolute Gasteiger partial charge is 0.487 e. The van der Waals surface area contributed by atoms with Gasteiger partial charge in [0.2, 0.25) is 0 Å². The van der Waals surface area contributed by atoms with Crippen LogP contribution < -0.4 is 9.47 Å². The highest BCUT2D eigenvalue weighted by Crippen LogP contribution is 2.27. The number of rotatable bonds is 6. The summed E-state index contributed by atoms with van der Waals surface area (Å²) in [4.78, 5) is 10.6. The van der Waals surface area contributed by atoms with E-state index in [-0.39, 0.29) is 11.4 Å². The Labute approximate surface area is 170 Å². The summed E-state index contributed by atoms with van der Waals surface area (Å²) in [7, 11) is 3.24. The predicted octanol–water partition coefficient (Wildman–Crippen LogP) is 4.70. The molecule has 0 aliphatic heterocycles. The zero-order chi connectivity index (χ0) is 19.9. The van der Waals surface area contributed by atoms with E-state index in [4.69, 9.17) is 9.47 Å². The maximum atomic E-state index is 9.25. The van der Waals surface area contributed by atoms with E-state index in [1.807, 2.05) is 48.6 Å². The molecule has 0 aliphatic rings. The third kappa shape index (κ3) is 4.44. The van der Waals surface area contributed by atoms with E-state index in [2.05, 4.69) is 9.97 Å². The molecule has 3 aromatic heterocycles. The Morgan fingerprint density at radius 3 is 1.50 bits per heavy atom. The molecule has 0 bridgehead atoms. The molecule has 0 aromatic carbocycles. The highest BCUT2D eigenvalue weighted by molar-refractivity contribution is 7.15. The van der Waals surface area contributed by atoms with Crippen LogP contribution >= 0.6 is 22.7 Å². The van der Waals surface area contributed by atoms with Gasteiger partial charge in [0.1, 0.15) is 12.1 Å². The van der Waals surface area contributed by atoms with Gasteiger partial charge in [-0.2, -0.15) is 10.5 Å². The predicted molar refractivity (Wildman–Crippen MR) is 111 cm³/mol. The first-order chi connectivity index (χ1) is 13.7. The Balaban J connectivity index is 1.98. The van der Waals surface area contributed by atoms with Gasteiger partial charge in [-0.05, 0) is 48.6 Å². The number of thiophene rings is 2. The van der Waals surface area contributed by atoms with Gasteiger partial charge in [-0.3, -0.25) is 0 Å². The summed E-state index contributed by atoms with van der Waals surface area (Å²) in [5, 5.41) is 20.1. The normalized spacial score (nSPS) is 10.9. The number of aromatic nitrogens is 2. The number of hydrogen-bond acceptors (Lipinski definition) is 8. The fourth-order valence-electron chi connectivity index (χ4n) is 2.25. The first kappa shape index (κ1) is 19.3. The molecule has 6 nitrogen and oxygen atoms in total. The van der Waals surface area contributed by atoms with Crippen LogP contribution in [0.25, 0.3) is 24.3 Å². The molecule has 0 N–H and O–H groups in total. The number of nitrogens with zero attached hydrogens (tertiary/aromatic N) is 4. The highest BCUT2D eigenvalue weighted by Gasteiger charge is 2.10. The average molecular weight is 406 g/mol. The van der Waals surface area contributed by atoms with E-state index in [0.29, 0.717) is 11.4 Å². The number of methoxy groups -OCH3 is 2. The van der Waals surface area contributed by atoms with Crippen LogP contribution in [0.2, 0.25) is 0 Å². The van der Waals surface area contributed by atoms with Gasteiger partial charge in [0.15, 0.2) is 21.5 Å². The zero-order valence-corrected chi connectivity index (χ0v) is 16.7. The Hall–Kier alpha value is -3.46. The zero-order valence-electron chi connectivity index (χ0n) is 15.0. The summed E-state index contributed by atoms with van der Waals surface area (Å²) in [6.45, 7) is 0. The van der Waals surface area contributed by atoms with Crippen LogP contribution in [0.5, 0.6) is 10.1 Å². The van der Waals surface area contributed by atoms with Crippen molar-refractivity contribution in [3.05, 3.63) is 56.8 Å². The first-order valence-electron chi connectivity index (χ1n) is 8.03. The third-order valence-electron chi connectivity index (χ3n) is 3.58. The molecule has 0 spiro atoms. The van der Waals surface area contributed by atoms with E-state index in [1.54, 1.807) is 26.4 Å². The van der Waals surface area contributed by atoms with Gasteiger partial charge in [0.25, 0.3) is 0 Å². The van der Waals surface area contributed by atoms with E-state index in [1.165, 1.54) is 22.7 Å². The van der Waals surface area contributed by atoms with Crippen molar-refractivity contribution in [2.24, 2.45) is 0 Å². The number of ether oxygens (including phenoxy) is 2. The maximum Gasteiger partial charge on any atom is 0.177 e. The molecule has 0 saturated carbocycles. The van der Waals surface area contributed by atoms with Crippen molar-refractivity contribution in [3.63, 3.8) is 0 Å². The minimum Gasteiger partial charge on any atom is -0.487 e. The monoisotopic (exact) mass is 406 g/mol. The SMILES string of the molecule is COc1ccc(/C=C/c2nc(C#N)c(C#N)nc2/C=C/c2ccc(OC)s2)s1. The second-order valence-corrected chi connectivity index (χ2v) is 7.46. The molecule has 138 valence electrons. The highest BCUT2D eigenvalue weighted by atomic mass is 32.1. The van der Waals surface area contributed by atoms with Crippen LogP contribution in [0.4, 0.5) is 0 Å². The number of nitriles is 2. The van der Waals surface area contributed by atoms with Gasteiger partial charge in [-0.15, -0.1) is 0 Å². The topological polar surface area (TPSA) is 91.8 Å². The summed E-state index contributed by atoms with van der Waals surface area (Å²) in [6, 6.07) is 11.5. The van der Waals surface area contributed by atoms with Gasteiger partial charge in [-0.25, -0.2) is 9.97 Å². The quantitative estimate of drug-likeness (QED) is 0.589. The Morgan fingerprint density at radius 2 is 1.18 bits per heavy atom. The molecule has 3 heterocycles. The summed E-state index contributed by atoms with van der Waals surface area (Å²) in [6.07, 6.45) is 7.29. The molecule has 28 heavy (non-hydrogen) atoms. The van der Waals surface area contributed by atoms with Crippen LogP contribution in [0.3, 0.4) is 0 Å². The van der Waals surface area contributed by atoms with Crippen LogP contribution in [0.1, 0.15) is 32.5 Å². The van der Waals surface area contributed by atoms with Crippen molar-refractivity contribution in [1.29, 1.82) is 10.5 Å². The molecule has 0 unspecified atom stereocenters. The molecule has 0 aliphatic carbocycles. The molecule has 0 amide bonds. The van der Waals surface area contributed by atoms with Crippen molar-refractivity contribution in [2.75, 3.05) is 14.2 Å². The molecule has 0 fully saturated rings. The molecule has 3 aromatic rings. The van der Waals surface area contributed by atoms with E-state index >= 15 is 0 Å². The van der Waals surface area contributed by atoms with E-state index in [9.17, 15) is 10.5 Å². The lowest BCUT2D eigenvalue weighted by Crippen LogP contribution is -2.00. The smallest absolute Gasteiger partial charge is 0.177 e. The van der Waals surface area contributed by atoms with Crippen molar-refractivity contribution in [1.82, 2.24) is 9.97 Å². The minimum absolute atomic E-state index is 0.000790. The van der Waals surface area contributed by atoms with Gasteiger partial charge >= 0.3 is 0 Å². The second kappa shape index (κ2) is 8.96. The molecule has 8 heteroatoms. The standard InChI is InChI=1S/C20H14N4O2S2/c1-25-19-9-5-13(27-19)3-7-15-16(24-18(12-22)17(11-21)23-15)8-4-14-6-10-20(26-2)28-14/h3-10H,1-2H3/b7-3+,8-4+. The fourth-order valence-corrected chi connectivity index (χ4v) is 3.70. The van der Waals surface area contributed by atoms with Crippen LogP contribution in [-0.4, -0.2) is 24.2 Å². The molecule has 0 saturated heterocycles. The third-order valence-corrected chi connectivity index (χ3v) is 5.60. The van der Waals surface area contributed by atoms with Gasteiger partial charge in [0, 0.05) is 9.75 Å². The summed E-state index contributed by atoms with van der Waals surface area (Å²) < 4.78 is 10.4. The van der Waals surface area contributed by atoms with Crippen molar-refractivity contribution >= 4 is 47.0 Å². The minimum atomic E-state index is 0.000790. The summed E-state index contributed by atoms with van der Waals surface area (Å²) >= 11 is 2.97. The summed E-state index contributed by atoms with van der Waals surface area (Å²) in [5.74, 6) is 0. The van der Waals surface area contributed by atoms with E-state index < -0.39 is 0 Å². The average Bonchev–Trinajstić information content (AvgIpc) is 3.39. The Morgan fingerprint density at radius 1 is 0.750 bits per heavy atom. The second-order valence-electron chi connectivity index (χ2n) is 5.30. The number of hydrogen-bond donors (Lipinski definition) is 0. The Kier molecular flexibility index (Phi) is 6.18. The maximum absolute atomic E-state index is 9.25. The van der Waals surface area contributed by atoms with Crippen molar-refractivity contribution in [2.45, 2.75) is 0 Å². The van der Waals surface area contributed by atoms with Gasteiger partial charge in [0.05, 0.1) is 25.6 Å². The van der Waals surface area contributed by atoms with Gasteiger partial charge in [-0.1, -0.05) is 22.7 Å². The van der Waals surface area contributed by atoms with Crippen molar-refractivity contribution in [3.8, 4) is 22.3 Å². The van der Waals surface area contributed by atoms with E-state index in [0.717, 1.165) is 19.9 Å². The lowest BCUT2D eigenvalue weighted by molar-refractivity contribution is 0.427. The van der Waals surface area contributed by atoms with Crippen LogP contribution in [-0.2, 0) is 0 Å². The lowest BCUT2D eigenvalue weighted by atomic mass is 10.2. The Bertz CT molecular complexity index is 1040. The summed E-state index contributed by atoms with van der Waals surface area (Å²) in [5.41, 5.74) is 1.01. The molecule has 0 radical (unpaired) electrons. The van der Waals surface area contributed by atoms with Crippen LogP contribution in [0.15, 0.2) is 24.3 Å². The fraction of sp³-hybridized carbons (Fsp3) is 0.100. The van der Waals surface area contributed by atoms with Gasteiger partial charge < -0.3 is 9.47 Å². The molecular weight excluding hydrogens is 392 g/mol. The van der Waals surface area contributed by atoms with Crippen LogP contribution in [0, 0.1) is 22.7 Å².